The molecule has 0 saturated heterocycles. The van der Waals surface area contributed by atoms with E-state index < -0.39 is 16.0 Å². The second-order valence-electron chi connectivity index (χ2n) is 8.07. The first kappa shape index (κ1) is 25.9. The van der Waals surface area contributed by atoms with E-state index in [9.17, 15) is 18.3 Å². The maximum absolute atomic E-state index is 13.9. The highest BCUT2D eigenvalue weighted by atomic mass is 32.2. The van der Waals surface area contributed by atoms with Crippen LogP contribution in [-0.4, -0.2) is 26.6 Å². The third kappa shape index (κ3) is 6.23. The van der Waals surface area contributed by atoms with Crippen molar-refractivity contribution in [3.63, 3.8) is 0 Å². The van der Waals surface area contributed by atoms with E-state index in [1.165, 1.54) is 25.3 Å². The Hall–Kier alpha value is -3.76. The topological polar surface area (TPSA) is 83.9 Å². The molecule has 35 heavy (non-hydrogen) atoms. The molecule has 0 aliphatic carbocycles. The minimum absolute atomic E-state index is 0.0299. The normalized spacial score (nSPS) is 10.8. The van der Waals surface area contributed by atoms with Gasteiger partial charge in [0, 0.05) is 12.0 Å². The predicted octanol–water partition coefficient (Wildman–Crippen LogP) is 5.64. The Kier molecular flexibility index (Phi) is 8.56. The number of nitrogens with zero attached hydrogens (tertiary/aromatic N) is 1. The summed E-state index contributed by atoms with van der Waals surface area (Å²) in [5.74, 6) is 5.39. The Labute approximate surface area is 207 Å². The lowest BCUT2D eigenvalue weighted by Crippen LogP contribution is -2.32. The van der Waals surface area contributed by atoms with Gasteiger partial charge in [-0.1, -0.05) is 55.5 Å². The van der Waals surface area contributed by atoms with E-state index in [2.05, 4.69) is 18.8 Å². The fourth-order valence-corrected chi connectivity index (χ4v) is 5.22. The number of unbranched alkanes of at least 4 members (excludes halogenated alkanes) is 2. The van der Waals surface area contributed by atoms with Crippen LogP contribution in [0.4, 0.5) is 5.69 Å². The first-order valence-corrected chi connectivity index (χ1v) is 12.8. The zero-order valence-electron chi connectivity index (χ0n) is 20.1. The molecule has 0 aromatic heterocycles. The van der Waals surface area contributed by atoms with Crippen LogP contribution in [0.3, 0.4) is 0 Å². The van der Waals surface area contributed by atoms with Gasteiger partial charge in [-0.15, -0.1) is 0 Å². The molecule has 0 unspecified atom stereocenters. The molecule has 0 saturated carbocycles. The van der Waals surface area contributed by atoms with Crippen LogP contribution in [-0.2, 0) is 16.6 Å². The van der Waals surface area contributed by atoms with Gasteiger partial charge in [-0.3, -0.25) is 4.31 Å². The molecule has 182 valence electrons. The van der Waals surface area contributed by atoms with Gasteiger partial charge in [0.1, 0.15) is 5.75 Å². The number of hydrogen-bond acceptors (Lipinski definition) is 4. The molecule has 0 aliphatic heterocycles. The van der Waals surface area contributed by atoms with Crippen molar-refractivity contribution in [2.24, 2.45) is 0 Å². The van der Waals surface area contributed by atoms with Crippen LogP contribution < -0.4 is 9.04 Å². The number of hydrogen-bond donors (Lipinski definition) is 1. The standard InChI is InChI=1S/C28H29NO5S/c1-4-5-6-8-13-23-18-21(2)27(26(19-23)28(30)31)29(20-22-11-9-7-10-12-22)35(32,33)25-16-14-24(34-3)15-17-25/h7,9-12,14-19H,4-6,20H2,1-3H3,(H,30,31). The van der Waals surface area contributed by atoms with E-state index in [1.54, 1.807) is 37.3 Å². The molecule has 0 atom stereocenters. The van der Waals surface area contributed by atoms with Crippen molar-refractivity contribution in [3.8, 4) is 17.6 Å². The zero-order valence-corrected chi connectivity index (χ0v) is 20.9. The van der Waals surface area contributed by atoms with Crippen LogP contribution in [0.25, 0.3) is 0 Å². The number of carboxylic acid groups (broad SMARTS) is 1. The van der Waals surface area contributed by atoms with Gasteiger partial charge in [0.25, 0.3) is 10.0 Å². The minimum atomic E-state index is -4.11. The first-order valence-electron chi connectivity index (χ1n) is 11.4. The third-order valence-electron chi connectivity index (χ3n) is 5.48. The maximum atomic E-state index is 13.9. The zero-order chi connectivity index (χ0) is 25.4. The highest BCUT2D eigenvalue weighted by molar-refractivity contribution is 7.92. The summed E-state index contributed by atoms with van der Waals surface area (Å²) in [6.45, 7) is 3.76. The molecule has 1 N–H and O–H groups in total. The van der Waals surface area contributed by atoms with E-state index in [-0.39, 0.29) is 22.7 Å². The van der Waals surface area contributed by atoms with Crippen molar-refractivity contribution in [1.82, 2.24) is 0 Å². The van der Waals surface area contributed by atoms with E-state index in [1.807, 2.05) is 18.2 Å². The Morgan fingerprint density at radius 2 is 1.74 bits per heavy atom. The van der Waals surface area contributed by atoms with E-state index >= 15 is 0 Å². The average molecular weight is 492 g/mol. The number of benzene rings is 3. The summed E-state index contributed by atoms with van der Waals surface area (Å²) in [5.41, 5.74) is 1.79. The molecule has 0 fully saturated rings. The van der Waals surface area contributed by atoms with Crippen molar-refractivity contribution in [3.05, 3.63) is 89.0 Å². The number of sulfonamides is 1. The van der Waals surface area contributed by atoms with Gasteiger partial charge in [-0.2, -0.15) is 0 Å². The number of carbonyl (C=O) groups is 1. The Morgan fingerprint density at radius 1 is 1.06 bits per heavy atom. The lowest BCUT2D eigenvalue weighted by molar-refractivity contribution is 0.0697. The Bertz CT molecular complexity index is 1340. The molecule has 0 heterocycles. The monoisotopic (exact) mass is 491 g/mol. The molecule has 0 aliphatic rings. The van der Waals surface area contributed by atoms with E-state index in [0.29, 0.717) is 23.3 Å². The van der Waals surface area contributed by atoms with Crippen LogP contribution in [0.15, 0.2) is 71.6 Å². The second kappa shape index (κ2) is 11.6. The van der Waals surface area contributed by atoms with Crippen LogP contribution in [0.2, 0.25) is 0 Å². The molecule has 6 nitrogen and oxygen atoms in total. The number of anilines is 1. The van der Waals surface area contributed by atoms with Crippen molar-refractivity contribution in [2.75, 3.05) is 11.4 Å². The van der Waals surface area contributed by atoms with Crippen LogP contribution in [0, 0.1) is 18.8 Å². The summed E-state index contributed by atoms with van der Waals surface area (Å²) in [6, 6.07) is 18.3. The van der Waals surface area contributed by atoms with Gasteiger partial charge in [-0.25, -0.2) is 13.2 Å². The van der Waals surface area contributed by atoms with Crippen LogP contribution >= 0.6 is 0 Å². The number of ether oxygens (including phenoxy) is 1. The Morgan fingerprint density at radius 3 is 2.34 bits per heavy atom. The van der Waals surface area contributed by atoms with Gasteiger partial charge in [0.2, 0.25) is 0 Å². The molecule has 7 heteroatoms. The van der Waals surface area contributed by atoms with Crippen LogP contribution in [0.5, 0.6) is 5.75 Å². The summed E-state index contributed by atoms with van der Waals surface area (Å²) < 4.78 is 34.0. The third-order valence-corrected chi connectivity index (χ3v) is 7.24. The van der Waals surface area contributed by atoms with E-state index in [0.717, 1.165) is 22.7 Å². The lowest BCUT2D eigenvalue weighted by atomic mass is 10.0. The van der Waals surface area contributed by atoms with Gasteiger partial charge >= 0.3 is 5.97 Å². The quantitative estimate of drug-likeness (QED) is 0.309. The molecule has 0 radical (unpaired) electrons. The van der Waals surface area contributed by atoms with Crippen molar-refractivity contribution >= 4 is 21.7 Å². The minimum Gasteiger partial charge on any atom is -0.497 e. The SMILES string of the molecule is CCCCC#Cc1cc(C)c(N(Cc2ccccc2)S(=O)(=O)c2ccc(OC)cc2)c(C(=O)O)c1. The first-order chi connectivity index (χ1) is 16.8. The molecule has 3 aromatic rings. The number of methoxy groups -OCH3 is 1. The average Bonchev–Trinajstić information content (AvgIpc) is 2.85. The molecule has 3 aromatic carbocycles. The van der Waals surface area contributed by atoms with Crippen molar-refractivity contribution in [2.45, 2.75) is 44.6 Å². The number of aryl methyl sites for hydroxylation is 1. The fourth-order valence-electron chi connectivity index (χ4n) is 3.68. The van der Waals surface area contributed by atoms with Crippen LogP contribution in [0.1, 0.15) is 53.2 Å². The summed E-state index contributed by atoms with van der Waals surface area (Å²) >= 11 is 0. The maximum Gasteiger partial charge on any atom is 0.337 e. The van der Waals surface area contributed by atoms with Gasteiger partial charge < -0.3 is 9.84 Å². The highest BCUT2D eigenvalue weighted by Gasteiger charge is 2.30. The lowest BCUT2D eigenvalue weighted by Gasteiger charge is -2.28. The molecule has 0 amide bonds. The molecule has 3 rings (SSSR count). The highest BCUT2D eigenvalue weighted by Crippen LogP contribution is 2.33. The smallest absolute Gasteiger partial charge is 0.337 e. The molecule has 0 spiro atoms. The van der Waals surface area contributed by atoms with Crippen molar-refractivity contribution in [1.29, 1.82) is 0 Å². The molecular weight excluding hydrogens is 462 g/mol. The number of carboxylic acids is 1. The van der Waals surface area contributed by atoms with Gasteiger partial charge in [-0.05, 0) is 60.9 Å². The molecular formula is C28H29NO5S. The van der Waals surface area contributed by atoms with Gasteiger partial charge in [0.05, 0.1) is 29.8 Å². The summed E-state index contributed by atoms with van der Waals surface area (Å²) in [4.78, 5) is 12.4. The fraction of sp³-hybridized carbons (Fsp3) is 0.250. The molecule has 0 bridgehead atoms. The van der Waals surface area contributed by atoms with E-state index in [4.69, 9.17) is 4.74 Å². The summed E-state index contributed by atoms with van der Waals surface area (Å²) in [6.07, 6.45) is 2.69. The van der Waals surface area contributed by atoms with Gasteiger partial charge in [0.15, 0.2) is 0 Å². The summed E-state index contributed by atoms with van der Waals surface area (Å²) in [5, 5.41) is 10.1. The van der Waals surface area contributed by atoms with Crippen molar-refractivity contribution < 1.29 is 23.1 Å². The second-order valence-corrected chi connectivity index (χ2v) is 9.93. The Balaban J connectivity index is 2.18. The number of aromatic carboxylic acids is 1. The number of rotatable bonds is 9. The summed E-state index contributed by atoms with van der Waals surface area (Å²) in [7, 11) is -2.61. The largest absolute Gasteiger partial charge is 0.497 e. The predicted molar refractivity (Wildman–Crippen MR) is 137 cm³/mol.